The van der Waals surface area contributed by atoms with Crippen LogP contribution >= 0.6 is 34.4 Å². The van der Waals surface area contributed by atoms with Gasteiger partial charge in [-0.1, -0.05) is 54.6 Å². The molecule has 0 aliphatic heterocycles. The van der Waals surface area contributed by atoms with Crippen molar-refractivity contribution in [2.45, 2.75) is 44.8 Å². The van der Waals surface area contributed by atoms with Crippen molar-refractivity contribution < 1.29 is 4.79 Å². The predicted octanol–water partition coefficient (Wildman–Crippen LogP) is 6.48. The van der Waals surface area contributed by atoms with Gasteiger partial charge in [0.05, 0.1) is 11.4 Å². The van der Waals surface area contributed by atoms with E-state index >= 15 is 0 Å². The van der Waals surface area contributed by atoms with Crippen LogP contribution in [0.2, 0.25) is 0 Å². The van der Waals surface area contributed by atoms with Gasteiger partial charge in [-0.25, -0.2) is 4.98 Å². The lowest BCUT2D eigenvalue weighted by Crippen LogP contribution is -2.14. The lowest BCUT2D eigenvalue weighted by Gasteiger charge is -2.19. The molecule has 1 aliphatic rings. The summed E-state index contributed by atoms with van der Waals surface area (Å²) in [6, 6.07) is 8.20. The van der Waals surface area contributed by atoms with Crippen LogP contribution in [0.25, 0.3) is 22.6 Å². The summed E-state index contributed by atoms with van der Waals surface area (Å²) >= 11 is 4.64. The number of benzene rings is 1. The van der Waals surface area contributed by atoms with Gasteiger partial charge in [-0.15, -0.1) is 39.4 Å². The summed E-state index contributed by atoms with van der Waals surface area (Å²) < 4.78 is 2.06. The van der Waals surface area contributed by atoms with E-state index in [1.54, 1.807) is 0 Å². The fourth-order valence-electron chi connectivity index (χ4n) is 4.23. The molecule has 35 heavy (non-hydrogen) atoms. The quantitative estimate of drug-likeness (QED) is 0.212. The van der Waals surface area contributed by atoms with Gasteiger partial charge >= 0.3 is 0 Å². The summed E-state index contributed by atoms with van der Waals surface area (Å²) in [4.78, 5) is 18.7. The molecule has 0 saturated carbocycles. The third kappa shape index (κ3) is 5.27. The summed E-state index contributed by atoms with van der Waals surface area (Å²) in [5.74, 6) is 1.71. The van der Waals surface area contributed by atoms with E-state index in [0.717, 1.165) is 41.0 Å². The van der Waals surface area contributed by atoms with Crippen LogP contribution in [0.4, 0.5) is 5.13 Å². The number of aromatic nitrogens is 4. The van der Waals surface area contributed by atoms with Gasteiger partial charge in [0.1, 0.15) is 0 Å². The summed E-state index contributed by atoms with van der Waals surface area (Å²) in [6.07, 6.45) is 5.27. The van der Waals surface area contributed by atoms with Gasteiger partial charge < -0.3 is 5.32 Å². The number of thioether (sulfide) groups is 1. The number of rotatable bonds is 8. The molecule has 0 fully saturated rings. The van der Waals surface area contributed by atoms with Crippen molar-refractivity contribution in [2.75, 3.05) is 11.1 Å². The molecule has 1 unspecified atom stereocenters. The van der Waals surface area contributed by atoms with E-state index in [1.807, 2.05) is 34.9 Å². The molecule has 1 N–H and O–H groups in total. The van der Waals surface area contributed by atoms with Gasteiger partial charge in [0, 0.05) is 33.3 Å². The Morgan fingerprint density at radius 3 is 2.89 bits per heavy atom. The first kappa shape index (κ1) is 24.0. The standard InChI is InChI=1S/C26H27N5OS3/c1-4-11-31-24(20-13-33-22-12-17(3)7-10-19(20)22)29-30-26(31)35-15-23(32)28-25-27-21(14-34-25)18-8-5-16(2)6-9-18/h4-6,8-9,13-14,17H,1,7,10-12,15H2,2-3H3,(H,27,28,32). The Hall–Kier alpha value is -2.75. The summed E-state index contributed by atoms with van der Waals surface area (Å²) in [6.45, 7) is 8.88. The van der Waals surface area contributed by atoms with Crippen molar-refractivity contribution in [1.29, 1.82) is 0 Å². The van der Waals surface area contributed by atoms with E-state index in [-0.39, 0.29) is 11.7 Å². The third-order valence-corrected chi connectivity index (χ3v) is 8.88. The van der Waals surface area contributed by atoms with Gasteiger partial charge in [-0.05, 0) is 37.7 Å². The third-order valence-electron chi connectivity index (χ3n) is 6.10. The highest BCUT2D eigenvalue weighted by Crippen LogP contribution is 2.38. The van der Waals surface area contributed by atoms with Gasteiger partial charge in [0.15, 0.2) is 16.1 Å². The minimum Gasteiger partial charge on any atom is -0.301 e. The van der Waals surface area contributed by atoms with Gasteiger partial charge in [0.25, 0.3) is 0 Å². The van der Waals surface area contributed by atoms with E-state index in [2.05, 4.69) is 63.0 Å². The summed E-state index contributed by atoms with van der Waals surface area (Å²) in [7, 11) is 0. The Morgan fingerprint density at radius 1 is 1.26 bits per heavy atom. The van der Waals surface area contributed by atoms with Crippen molar-refractivity contribution in [2.24, 2.45) is 5.92 Å². The molecule has 6 nitrogen and oxygen atoms in total. The molecular weight excluding hydrogens is 495 g/mol. The highest BCUT2D eigenvalue weighted by atomic mass is 32.2. The fraction of sp³-hybridized carbons (Fsp3) is 0.308. The molecular formula is C26H27N5OS3. The van der Waals surface area contributed by atoms with Crippen molar-refractivity contribution in [3.63, 3.8) is 0 Å². The second-order valence-corrected chi connectivity index (χ2v) is 11.6. The highest BCUT2D eigenvalue weighted by Gasteiger charge is 2.24. The highest BCUT2D eigenvalue weighted by molar-refractivity contribution is 7.99. The number of thiazole rings is 1. The lowest BCUT2D eigenvalue weighted by molar-refractivity contribution is -0.113. The normalized spacial score (nSPS) is 15.1. The van der Waals surface area contributed by atoms with Gasteiger partial charge in [-0.2, -0.15) is 0 Å². The Balaban J connectivity index is 1.26. The van der Waals surface area contributed by atoms with Crippen LogP contribution in [0, 0.1) is 12.8 Å². The molecule has 0 spiro atoms. The molecule has 1 aromatic carbocycles. The topological polar surface area (TPSA) is 72.7 Å². The minimum atomic E-state index is -0.114. The molecule has 1 aliphatic carbocycles. The van der Waals surface area contributed by atoms with Crippen molar-refractivity contribution in [3.8, 4) is 22.6 Å². The number of anilines is 1. The van der Waals surface area contributed by atoms with Gasteiger partial charge in [0.2, 0.25) is 5.91 Å². The van der Waals surface area contributed by atoms with Crippen LogP contribution in [-0.4, -0.2) is 31.4 Å². The fourth-order valence-corrected chi connectivity index (χ4v) is 6.95. The monoisotopic (exact) mass is 521 g/mol. The molecule has 3 aromatic heterocycles. The van der Waals surface area contributed by atoms with Crippen molar-refractivity contribution in [3.05, 3.63) is 63.7 Å². The zero-order chi connectivity index (χ0) is 24.4. The molecule has 0 bridgehead atoms. The van der Waals surface area contributed by atoms with E-state index in [1.165, 1.54) is 51.1 Å². The molecule has 1 atom stereocenters. The molecule has 5 rings (SSSR count). The average Bonchev–Trinajstić information content (AvgIpc) is 3.57. The number of aryl methyl sites for hydroxylation is 1. The zero-order valence-electron chi connectivity index (χ0n) is 19.8. The van der Waals surface area contributed by atoms with E-state index in [4.69, 9.17) is 0 Å². The van der Waals surface area contributed by atoms with E-state index < -0.39 is 0 Å². The molecule has 0 radical (unpaired) electrons. The van der Waals surface area contributed by atoms with E-state index in [9.17, 15) is 4.79 Å². The van der Waals surface area contributed by atoms with Crippen LogP contribution in [0.15, 0.2) is 52.8 Å². The van der Waals surface area contributed by atoms with Crippen LogP contribution in [0.1, 0.15) is 29.3 Å². The number of nitrogens with zero attached hydrogens (tertiary/aromatic N) is 4. The number of hydrogen-bond acceptors (Lipinski definition) is 7. The number of carbonyl (C=O) groups is 1. The van der Waals surface area contributed by atoms with Crippen molar-refractivity contribution >= 4 is 45.5 Å². The minimum absolute atomic E-state index is 0.114. The number of fused-ring (bicyclic) bond motifs is 1. The molecule has 180 valence electrons. The largest absolute Gasteiger partial charge is 0.301 e. The maximum atomic E-state index is 12.7. The van der Waals surface area contributed by atoms with Crippen LogP contribution < -0.4 is 5.32 Å². The number of allylic oxidation sites excluding steroid dienone is 1. The van der Waals surface area contributed by atoms with E-state index in [0.29, 0.717) is 11.7 Å². The van der Waals surface area contributed by atoms with Gasteiger partial charge in [-0.3, -0.25) is 9.36 Å². The second-order valence-electron chi connectivity index (χ2n) is 8.85. The molecule has 4 aromatic rings. The molecule has 9 heteroatoms. The van der Waals surface area contributed by atoms with Crippen molar-refractivity contribution in [1.82, 2.24) is 19.7 Å². The van der Waals surface area contributed by atoms with Crippen LogP contribution in [0.3, 0.4) is 0 Å². The van der Waals surface area contributed by atoms with Crippen LogP contribution in [0.5, 0.6) is 0 Å². The summed E-state index contributed by atoms with van der Waals surface area (Å²) in [5, 5.41) is 17.3. The predicted molar refractivity (Wildman–Crippen MR) is 146 cm³/mol. The first-order chi connectivity index (χ1) is 17.0. The number of hydrogen-bond donors (Lipinski definition) is 1. The Bertz CT molecular complexity index is 1350. The maximum Gasteiger partial charge on any atom is 0.236 e. The van der Waals surface area contributed by atoms with Crippen LogP contribution in [-0.2, 0) is 24.2 Å². The Labute approximate surface area is 217 Å². The Morgan fingerprint density at radius 2 is 2.09 bits per heavy atom. The first-order valence-electron chi connectivity index (χ1n) is 11.6. The lowest BCUT2D eigenvalue weighted by atomic mass is 9.88. The summed E-state index contributed by atoms with van der Waals surface area (Å²) in [5.41, 5.74) is 5.69. The second kappa shape index (κ2) is 10.5. The number of nitrogens with one attached hydrogen (secondary N) is 1. The number of carbonyl (C=O) groups excluding carboxylic acids is 1. The smallest absolute Gasteiger partial charge is 0.236 e. The number of amides is 1. The number of thiophene rings is 1. The molecule has 1 amide bonds. The Kier molecular flexibility index (Phi) is 7.17. The first-order valence-corrected chi connectivity index (χ1v) is 14.3. The zero-order valence-corrected chi connectivity index (χ0v) is 22.2. The molecule has 0 saturated heterocycles. The maximum absolute atomic E-state index is 12.7. The SMILES string of the molecule is C=CCn1c(SCC(=O)Nc2nc(-c3ccc(C)cc3)cs2)nnc1-c1csc2c1CCC(C)C2. The molecule has 3 heterocycles. The average molecular weight is 522 g/mol.